The number of methoxy groups -OCH3 is 1. The Balaban J connectivity index is 1.61. The minimum absolute atomic E-state index is 0.132. The Kier molecular flexibility index (Phi) is 7.17. The van der Waals surface area contributed by atoms with Crippen LogP contribution >= 0.6 is 0 Å². The molecule has 2 aromatic rings. The van der Waals surface area contributed by atoms with E-state index in [0.29, 0.717) is 24.1 Å². The van der Waals surface area contributed by atoms with Crippen molar-refractivity contribution in [1.82, 2.24) is 4.98 Å². The lowest BCUT2D eigenvalue weighted by Gasteiger charge is -2.29. The first-order chi connectivity index (χ1) is 15.2. The highest BCUT2D eigenvalue weighted by Crippen LogP contribution is 2.35. The number of hydrogen-bond donors (Lipinski definition) is 1. The first kappa shape index (κ1) is 23.3. The average molecular weight is 447 g/mol. The number of benzene rings is 1. The Morgan fingerprint density at radius 1 is 1.22 bits per heavy atom. The molecule has 0 saturated heterocycles. The van der Waals surface area contributed by atoms with E-state index in [4.69, 9.17) is 4.74 Å². The largest absolute Gasteiger partial charge is 0.469 e. The second kappa shape index (κ2) is 9.84. The highest BCUT2D eigenvalue weighted by atomic mass is 19.4. The van der Waals surface area contributed by atoms with E-state index in [2.05, 4.69) is 10.3 Å². The fourth-order valence-electron chi connectivity index (χ4n) is 3.51. The van der Waals surface area contributed by atoms with Crippen molar-refractivity contribution >= 4 is 23.4 Å². The third-order valence-electron chi connectivity index (χ3n) is 5.25. The van der Waals surface area contributed by atoms with Crippen LogP contribution in [-0.4, -0.2) is 37.1 Å². The van der Waals surface area contributed by atoms with Gasteiger partial charge in [-0.3, -0.25) is 9.59 Å². The maximum absolute atomic E-state index is 13.2. The van der Waals surface area contributed by atoms with Crippen LogP contribution in [0.1, 0.15) is 24.5 Å². The van der Waals surface area contributed by atoms with E-state index in [1.165, 1.54) is 24.3 Å². The minimum atomic E-state index is -4.49. The molecule has 1 aliphatic rings. The molecule has 0 saturated carbocycles. The molecule has 2 heterocycles. The lowest BCUT2D eigenvalue weighted by Crippen LogP contribution is -2.33. The highest BCUT2D eigenvalue weighted by molar-refractivity contribution is 6.04. The van der Waals surface area contributed by atoms with Gasteiger partial charge in [-0.05, 0) is 42.7 Å². The number of aromatic nitrogens is 1. The number of nitrogens with one attached hydrogen (secondary N) is 1. The monoisotopic (exact) mass is 447 g/mol. The molecule has 0 spiro atoms. The van der Waals surface area contributed by atoms with Gasteiger partial charge in [-0.15, -0.1) is 0 Å². The number of ether oxygens (including phenoxy) is 1. The summed E-state index contributed by atoms with van der Waals surface area (Å²) in [7, 11) is 1.35. The number of carbonyl (C=O) groups is 2. The number of alkyl halides is 3. The molecule has 1 atom stereocenters. The van der Waals surface area contributed by atoms with Crippen molar-refractivity contribution in [1.29, 1.82) is 0 Å². The van der Waals surface area contributed by atoms with Gasteiger partial charge >= 0.3 is 12.1 Å². The SMILES string of the molecule is COC(=O)C(C)Cc1ccc(NC(=O)C2=CCN(c3ncccc3C(F)(F)F)CC2)cc1. The number of esters is 1. The van der Waals surface area contributed by atoms with Crippen LogP contribution in [0.3, 0.4) is 0 Å². The molecular formula is C23H24F3N3O3. The zero-order chi connectivity index (χ0) is 23.3. The van der Waals surface area contributed by atoms with Gasteiger partial charge in [0, 0.05) is 30.5 Å². The average Bonchev–Trinajstić information content (AvgIpc) is 2.79. The molecule has 1 amide bonds. The Morgan fingerprint density at radius 2 is 1.94 bits per heavy atom. The summed E-state index contributed by atoms with van der Waals surface area (Å²) in [6.07, 6.45) is -0.721. The van der Waals surface area contributed by atoms with Gasteiger partial charge in [0.2, 0.25) is 0 Å². The van der Waals surface area contributed by atoms with E-state index in [9.17, 15) is 22.8 Å². The number of hydrogen-bond acceptors (Lipinski definition) is 5. The first-order valence-electron chi connectivity index (χ1n) is 10.1. The van der Waals surface area contributed by atoms with Gasteiger partial charge in [0.05, 0.1) is 18.6 Å². The quantitative estimate of drug-likeness (QED) is 0.672. The Hall–Kier alpha value is -3.36. The molecule has 1 unspecified atom stereocenters. The molecule has 3 rings (SSSR count). The van der Waals surface area contributed by atoms with Crippen molar-refractivity contribution in [3.8, 4) is 0 Å². The number of rotatable bonds is 6. The Bertz CT molecular complexity index is 1000. The van der Waals surface area contributed by atoms with E-state index in [0.717, 1.165) is 11.6 Å². The summed E-state index contributed by atoms with van der Waals surface area (Å²) in [6.45, 7) is 2.19. The molecule has 170 valence electrons. The van der Waals surface area contributed by atoms with Crippen LogP contribution in [0.2, 0.25) is 0 Å². The summed E-state index contributed by atoms with van der Waals surface area (Å²) in [6, 6.07) is 9.40. The summed E-state index contributed by atoms with van der Waals surface area (Å²) >= 11 is 0. The molecule has 32 heavy (non-hydrogen) atoms. The zero-order valence-electron chi connectivity index (χ0n) is 17.8. The summed E-state index contributed by atoms with van der Waals surface area (Å²) in [5.41, 5.74) is 1.25. The van der Waals surface area contributed by atoms with Crippen molar-refractivity contribution in [3.05, 3.63) is 65.4 Å². The van der Waals surface area contributed by atoms with Gasteiger partial charge in [0.1, 0.15) is 5.82 Å². The van der Waals surface area contributed by atoms with E-state index in [1.54, 1.807) is 25.1 Å². The second-order valence-electron chi connectivity index (χ2n) is 7.58. The molecule has 1 N–H and O–H groups in total. The summed E-state index contributed by atoms with van der Waals surface area (Å²) < 4.78 is 44.4. The van der Waals surface area contributed by atoms with Gasteiger partial charge in [0.15, 0.2) is 0 Å². The van der Waals surface area contributed by atoms with E-state index >= 15 is 0 Å². The molecule has 1 aromatic heterocycles. The lowest BCUT2D eigenvalue weighted by atomic mass is 10.0. The number of anilines is 2. The Labute approximate surface area is 184 Å². The van der Waals surface area contributed by atoms with Gasteiger partial charge < -0.3 is 15.0 Å². The number of pyridine rings is 1. The Morgan fingerprint density at radius 3 is 2.53 bits per heavy atom. The van der Waals surface area contributed by atoms with Gasteiger partial charge in [-0.2, -0.15) is 13.2 Å². The maximum atomic E-state index is 13.2. The summed E-state index contributed by atoms with van der Waals surface area (Å²) in [4.78, 5) is 29.5. The van der Waals surface area contributed by atoms with Gasteiger partial charge in [-0.1, -0.05) is 25.1 Å². The van der Waals surface area contributed by atoms with Crippen LogP contribution < -0.4 is 10.2 Å². The predicted octanol–water partition coefficient (Wildman–Crippen LogP) is 4.23. The van der Waals surface area contributed by atoms with Crippen LogP contribution in [0, 0.1) is 5.92 Å². The molecule has 1 aliphatic heterocycles. The lowest BCUT2D eigenvalue weighted by molar-refractivity contribution is -0.144. The van der Waals surface area contributed by atoms with Crippen LogP contribution in [0.15, 0.2) is 54.2 Å². The molecule has 1 aromatic carbocycles. The smallest absolute Gasteiger partial charge is 0.419 e. The van der Waals surface area contributed by atoms with Crippen molar-refractivity contribution in [2.75, 3.05) is 30.4 Å². The fourth-order valence-corrected chi connectivity index (χ4v) is 3.51. The summed E-state index contributed by atoms with van der Waals surface area (Å²) in [5.74, 6) is -0.980. The van der Waals surface area contributed by atoms with E-state index in [1.807, 2.05) is 12.1 Å². The highest BCUT2D eigenvalue weighted by Gasteiger charge is 2.36. The van der Waals surface area contributed by atoms with Crippen molar-refractivity contribution in [3.63, 3.8) is 0 Å². The third kappa shape index (κ3) is 5.66. The van der Waals surface area contributed by atoms with Crippen molar-refractivity contribution in [2.24, 2.45) is 5.92 Å². The van der Waals surface area contributed by atoms with Crippen LogP contribution in [0.4, 0.5) is 24.7 Å². The minimum Gasteiger partial charge on any atom is -0.469 e. The molecule has 0 bridgehead atoms. The maximum Gasteiger partial charge on any atom is 0.419 e. The molecule has 6 nitrogen and oxygen atoms in total. The van der Waals surface area contributed by atoms with E-state index < -0.39 is 11.7 Å². The number of carbonyl (C=O) groups excluding carboxylic acids is 2. The topological polar surface area (TPSA) is 71.5 Å². The molecular weight excluding hydrogens is 423 g/mol. The van der Waals surface area contributed by atoms with Gasteiger partial charge in [-0.25, -0.2) is 4.98 Å². The fraction of sp³-hybridized carbons (Fsp3) is 0.348. The number of nitrogens with zero attached hydrogens (tertiary/aromatic N) is 2. The van der Waals surface area contributed by atoms with Crippen LogP contribution in [-0.2, 0) is 26.9 Å². The zero-order valence-corrected chi connectivity index (χ0v) is 17.8. The normalized spacial score (nSPS) is 15.0. The summed E-state index contributed by atoms with van der Waals surface area (Å²) in [5, 5.41) is 2.80. The van der Waals surface area contributed by atoms with Crippen molar-refractivity contribution < 1.29 is 27.5 Å². The second-order valence-corrected chi connectivity index (χ2v) is 7.58. The molecule has 9 heteroatoms. The van der Waals surface area contributed by atoms with Gasteiger partial charge in [0.25, 0.3) is 5.91 Å². The van der Waals surface area contributed by atoms with Crippen molar-refractivity contribution in [2.45, 2.75) is 25.9 Å². The molecule has 0 aliphatic carbocycles. The van der Waals surface area contributed by atoms with Crippen LogP contribution in [0.5, 0.6) is 0 Å². The number of halogens is 3. The first-order valence-corrected chi connectivity index (χ1v) is 10.1. The van der Waals surface area contributed by atoms with Crippen LogP contribution in [0.25, 0.3) is 0 Å². The number of amides is 1. The molecule has 0 radical (unpaired) electrons. The van der Waals surface area contributed by atoms with E-state index in [-0.39, 0.29) is 36.7 Å². The molecule has 0 fully saturated rings. The predicted molar refractivity (Wildman–Crippen MR) is 114 cm³/mol. The third-order valence-corrected chi connectivity index (χ3v) is 5.25. The standard InChI is InChI=1S/C23H24F3N3O3/c1-15(22(31)32-2)14-16-5-7-18(8-6-16)28-21(30)17-9-12-29(13-10-17)20-19(23(24,25)26)4-3-11-27-20/h3-9,11,15H,10,12-14H2,1-2H3,(H,28,30).